The Bertz CT molecular complexity index is 1580. The predicted octanol–water partition coefficient (Wildman–Crippen LogP) is 4.27. The number of carbonyl (C=O) groups is 2. The molecule has 3 atom stereocenters. The molecule has 46 heavy (non-hydrogen) atoms. The van der Waals surface area contributed by atoms with Gasteiger partial charge in [0, 0.05) is 63.3 Å². The van der Waals surface area contributed by atoms with Crippen molar-refractivity contribution in [3.05, 3.63) is 47.1 Å². The first-order valence-electron chi connectivity index (χ1n) is 15.5. The van der Waals surface area contributed by atoms with Crippen LogP contribution in [0.3, 0.4) is 0 Å². The molecule has 11 nitrogen and oxygen atoms in total. The fourth-order valence-corrected chi connectivity index (χ4v) is 6.71. The monoisotopic (exact) mass is 650 g/mol. The molecule has 6 rings (SSSR count). The Labute approximate surface area is 261 Å². The summed E-state index contributed by atoms with van der Waals surface area (Å²) < 4.78 is 75.8. The number of amides is 2. The third kappa shape index (κ3) is 6.95. The third-order valence-electron chi connectivity index (χ3n) is 9.34. The van der Waals surface area contributed by atoms with Gasteiger partial charge in [0.05, 0.1) is 40.9 Å². The van der Waals surface area contributed by atoms with E-state index in [1.54, 1.807) is 13.1 Å². The fraction of sp³-hybridized carbons (Fsp3) is 0.633. The number of imidazole rings is 1. The lowest BCUT2D eigenvalue weighted by atomic mass is 9.81. The molecule has 2 N–H and O–H groups in total. The topological polar surface area (TPSA) is 136 Å². The molecule has 0 unspecified atom stereocenters. The summed E-state index contributed by atoms with van der Waals surface area (Å²) in [5, 5.41) is 10.1. The van der Waals surface area contributed by atoms with Crippen LogP contribution in [0.5, 0.6) is 0 Å². The Balaban J connectivity index is 1.36. The number of fused-ring (bicyclic) bond motifs is 1. The number of carbonyl (C=O) groups excluding carboxylic acids is 2. The first-order valence-corrected chi connectivity index (χ1v) is 15.5. The number of hydrogen-bond acceptors (Lipinski definition) is 8. The van der Waals surface area contributed by atoms with Gasteiger partial charge in [-0.3, -0.25) is 14.6 Å². The van der Waals surface area contributed by atoms with Gasteiger partial charge in [0.1, 0.15) is 5.69 Å². The van der Waals surface area contributed by atoms with Crippen molar-refractivity contribution in [3.63, 3.8) is 0 Å². The van der Waals surface area contributed by atoms with Crippen molar-refractivity contribution in [1.82, 2.24) is 40.2 Å². The summed E-state index contributed by atoms with van der Waals surface area (Å²) in [5.41, 5.74) is 1.79. The van der Waals surface area contributed by atoms with Gasteiger partial charge in [0.15, 0.2) is 0 Å². The molecule has 3 aromatic heterocycles. The largest absolute Gasteiger partial charge is 0.393 e. The molecule has 1 aliphatic carbocycles. The van der Waals surface area contributed by atoms with Crippen molar-refractivity contribution in [2.75, 3.05) is 19.8 Å². The average molecular weight is 651 g/mol. The van der Waals surface area contributed by atoms with Gasteiger partial charge in [-0.1, -0.05) is 0 Å². The number of rotatable bonds is 7. The zero-order chi connectivity index (χ0) is 32.6. The number of aromatic nitrogens is 6. The lowest BCUT2D eigenvalue weighted by molar-refractivity contribution is -0.183. The van der Waals surface area contributed by atoms with Crippen LogP contribution in [0.25, 0.3) is 5.78 Å². The van der Waals surface area contributed by atoms with Crippen molar-refractivity contribution in [2.24, 2.45) is 17.8 Å². The molecule has 2 amide bonds. The van der Waals surface area contributed by atoms with Gasteiger partial charge >= 0.3 is 6.18 Å². The average Bonchev–Trinajstić information content (AvgIpc) is 3.43. The second kappa shape index (κ2) is 12.8. The Kier molecular flexibility index (Phi) is 8.91. The summed E-state index contributed by atoms with van der Waals surface area (Å²) in [5.74, 6) is -6.70. The second-order valence-electron chi connectivity index (χ2n) is 12.5. The Morgan fingerprint density at radius 1 is 1.13 bits per heavy atom. The number of aryl methyl sites for hydroxylation is 1. The van der Waals surface area contributed by atoms with Gasteiger partial charge in [-0.15, -0.1) is 0 Å². The van der Waals surface area contributed by atoms with Crippen LogP contribution in [0.15, 0.2) is 18.6 Å². The highest BCUT2D eigenvalue weighted by Crippen LogP contribution is 2.42. The summed E-state index contributed by atoms with van der Waals surface area (Å²) in [6.45, 7) is 2.12. The Hall–Kier alpha value is -3.82. The van der Waals surface area contributed by atoms with Crippen molar-refractivity contribution in [3.8, 4) is 0 Å². The third-order valence-corrected chi connectivity index (χ3v) is 9.34. The van der Waals surface area contributed by atoms with E-state index in [0.29, 0.717) is 48.8 Å². The zero-order valence-electron chi connectivity index (χ0n) is 25.2. The van der Waals surface area contributed by atoms with E-state index < -0.39 is 48.3 Å². The van der Waals surface area contributed by atoms with Gasteiger partial charge in [-0.25, -0.2) is 28.2 Å². The summed E-state index contributed by atoms with van der Waals surface area (Å²) in [4.78, 5) is 43.8. The highest BCUT2D eigenvalue weighted by Gasteiger charge is 2.45. The molecule has 3 aromatic rings. The maximum atomic E-state index is 14.1. The molecule has 1 saturated carbocycles. The molecular formula is C30H35F5N8O3. The summed E-state index contributed by atoms with van der Waals surface area (Å²) in [7, 11) is 0. The minimum absolute atomic E-state index is 0.0502. The molecule has 2 aliphatic heterocycles. The van der Waals surface area contributed by atoms with Gasteiger partial charge < -0.3 is 15.4 Å². The summed E-state index contributed by atoms with van der Waals surface area (Å²) in [6, 6.07) is -0.778. The van der Waals surface area contributed by atoms with Crippen LogP contribution in [0.4, 0.5) is 22.0 Å². The second-order valence-corrected chi connectivity index (χ2v) is 12.5. The van der Waals surface area contributed by atoms with E-state index in [9.17, 15) is 31.5 Å². The molecule has 2 saturated heterocycles. The lowest BCUT2D eigenvalue weighted by Crippen LogP contribution is -2.47. The minimum Gasteiger partial charge on any atom is -0.381 e. The molecule has 248 valence electrons. The highest BCUT2D eigenvalue weighted by molar-refractivity contribution is 5.93. The quantitative estimate of drug-likeness (QED) is 0.362. The van der Waals surface area contributed by atoms with E-state index in [2.05, 4.69) is 25.6 Å². The van der Waals surface area contributed by atoms with Gasteiger partial charge in [-0.2, -0.15) is 18.3 Å². The highest BCUT2D eigenvalue weighted by atomic mass is 19.4. The van der Waals surface area contributed by atoms with Crippen LogP contribution in [0.1, 0.15) is 90.2 Å². The fourth-order valence-electron chi connectivity index (χ4n) is 6.71. The van der Waals surface area contributed by atoms with E-state index in [1.165, 1.54) is 16.9 Å². The van der Waals surface area contributed by atoms with Crippen molar-refractivity contribution in [1.29, 1.82) is 0 Å². The minimum atomic E-state index is -4.45. The van der Waals surface area contributed by atoms with Crippen LogP contribution in [0, 0.1) is 24.7 Å². The number of hydrogen-bond donors (Lipinski definition) is 2. The number of nitrogens with zero attached hydrogens (tertiary/aromatic N) is 6. The maximum Gasteiger partial charge on any atom is 0.393 e. The maximum absolute atomic E-state index is 14.1. The van der Waals surface area contributed by atoms with Crippen LogP contribution in [0.2, 0.25) is 0 Å². The Morgan fingerprint density at radius 2 is 1.85 bits per heavy atom. The first kappa shape index (κ1) is 32.1. The molecule has 5 heterocycles. The molecule has 3 fully saturated rings. The van der Waals surface area contributed by atoms with E-state index in [4.69, 9.17) is 14.8 Å². The molecule has 0 bridgehead atoms. The molecule has 0 aromatic carbocycles. The first-order chi connectivity index (χ1) is 21.9. The van der Waals surface area contributed by atoms with Crippen molar-refractivity contribution in [2.45, 2.75) is 82.3 Å². The van der Waals surface area contributed by atoms with Gasteiger partial charge in [0.25, 0.3) is 11.7 Å². The van der Waals surface area contributed by atoms with E-state index in [0.717, 1.165) is 0 Å². The smallest absolute Gasteiger partial charge is 0.381 e. The number of nitrogens with one attached hydrogen (secondary N) is 2. The molecule has 0 radical (unpaired) electrons. The van der Waals surface area contributed by atoms with E-state index in [-0.39, 0.29) is 61.8 Å². The Morgan fingerprint density at radius 3 is 2.54 bits per heavy atom. The number of ether oxygens (including phenoxy) is 1. The van der Waals surface area contributed by atoms with Crippen LogP contribution in [-0.4, -0.2) is 73.2 Å². The molecular weight excluding hydrogens is 615 g/mol. The van der Waals surface area contributed by atoms with Crippen molar-refractivity contribution >= 4 is 17.6 Å². The number of halogens is 5. The summed E-state index contributed by atoms with van der Waals surface area (Å²) >= 11 is 0. The SMILES string of the molecule is Cc1nccnc1C(=O)N[C@H](c1cn2nc(C[C@H]3C[C@@H](C(F)(F)F)CNC3=O)c(C3CCOCC3)nc2n1)C1CCC(F)(F)CC1. The van der Waals surface area contributed by atoms with Crippen LogP contribution >= 0.6 is 0 Å². The zero-order valence-corrected chi connectivity index (χ0v) is 25.2. The lowest BCUT2D eigenvalue weighted by Gasteiger charge is -2.33. The summed E-state index contributed by atoms with van der Waals surface area (Å²) in [6.07, 6.45) is 0.377. The number of piperidine rings is 1. The predicted molar refractivity (Wildman–Crippen MR) is 152 cm³/mol. The number of alkyl halides is 5. The van der Waals surface area contributed by atoms with Gasteiger partial charge in [-0.05, 0) is 44.9 Å². The van der Waals surface area contributed by atoms with Crippen molar-refractivity contribution < 1.29 is 36.3 Å². The molecule has 16 heteroatoms. The molecule has 3 aliphatic rings. The van der Waals surface area contributed by atoms with Crippen LogP contribution in [-0.2, 0) is 16.0 Å². The van der Waals surface area contributed by atoms with E-state index >= 15 is 0 Å². The van der Waals surface area contributed by atoms with Gasteiger partial charge in [0.2, 0.25) is 11.8 Å². The standard InChI is InChI=1S/C30H35F5N8O3/c1-16-23(37-9-8-36-16)27(45)40-25(17-2-6-29(31,32)7-3-17)22-15-43-28(39-22)41-24(18-4-10-46-11-5-18)21(42-43)13-19-12-20(30(33,34)35)14-38-26(19)44/h8-9,15,17-20,25H,2-7,10-14H2,1H3,(H,38,44)(H,40,45)/t19-,20-,25+/m1/s1. The van der Waals surface area contributed by atoms with E-state index in [1.807, 2.05) is 0 Å². The molecule has 0 spiro atoms. The van der Waals surface area contributed by atoms with Crippen LogP contribution < -0.4 is 10.6 Å². The normalized spacial score (nSPS) is 23.7.